The molecule has 4 fully saturated rings. The number of carbonyl (C=O) groups excluding carboxylic acids is 1. The molecule has 0 unspecified atom stereocenters. The van der Waals surface area contributed by atoms with Crippen LogP contribution in [0.1, 0.15) is 62.6 Å². The molecule has 0 aromatic heterocycles. The lowest BCUT2D eigenvalue weighted by atomic mass is 9.99. The monoisotopic (exact) mass is 773 g/mol. The van der Waals surface area contributed by atoms with Crippen LogP contribution in [0.15, 0.2) is 71.6 Å². The summed E-state index contributed by atoms with van der Waals surface area (Å²) in [5, 5.41) is 9.26. The van der Waals surface area contributed by atoms with Crippen molar-refractivity contribution in [2.45, 2.75) is 94.1 Å². The van der Waals surface area contributed by atoms with E-state index in [-0.39, 0.29) is 43.0 Å². The molecule has 14 heteroatoms. The number of fused-ring (bicyclic) bond motifs is 2. The molecule has 3 aromatic carbocycles. The Morgan fingerprint density at radius 1 is 0.964 bits per heavy atom. The summed E-state index contributed by atoms with van der Waals surface area (Å²) in [5.41, 5.74) is 1.23. The summed E-state index contributed by atoms with van der Waals surface area (Å²) in [6.07, 6.45) is 3.02. The van der Waals surface area contributed by atoms with Gasteiger partial charge >= 0.3 is 6.09 Å². The van der Waals surface area contributed by atoms with Gasteiger partial charge in [-0.25, -0.2) is 13.2 Å². The predicted molar refractivity (Wildman–Crippen MR) is 198 cm³/mol. The highest BCUT2D eigenvalue weighted by Gasteiger charge is 2.53. The number of hydrogen-bond donors (Lipinski definition) is 0. The van der Waals surface area contributed by atoms with Gasteiger partial charge in [0.05, 0.1) is 47.8 Å². The molecule has 1 aliphatic carbocycles. The minimum Gasteiger partial charge on any atom is -0.489 e. The summed E-state index contributed by atoms with van der Waals surface area (Å²) in [6.45, 7) is 5.13. The van der Waals surface area contributed by atoms with E-state index in [4.69, 9.17) is 33.2 Å². The van der Waals surface area contributed by atoms with Crippen LogP contribution in [0.25, 0.3) is 0 Å². The van der Waals surface area contributed by atoms with Crippen molar-refractivity contribution in [2.24, 2.45) is 11.8 Å². The standard InChI is InChI=1S/C41H47N3O10S/c1-41(2)44(40(45)53-38-25-50-39-33(38)16-17-48-39)34(19-27-10-12-31(13-11-27)49-24-30-9-5-8-29(18-30)21-42)37(54-41)23-43(22-28-6-3-4-7-28)55(46,47)32-14-15-35-36(20-32)52-26-51-35/h5,8-15,18,20,28,33-34,37-39H,3-4,6-7,16-17,19,22-26H2,1-2H3/t33-,34-,37+,38-,39+/m0/s1. The van der Waals surface area contributed by atoms with Gasteiger partial charge in [-0.15, -0.1) is 0 Å². The molecule has 292 valence electrons. The Kier molecular flexibility index (Phi) is 10.7. The third-order valence-electron chi connectivity index (χ3n) is 11.3. The zero-order valence-corrected chi connectivity index (χ0v) is 31.9. The molecular weight excluding hydrogens is 727 g/mol. The summed E-state index contributed by atoms with van der Waals surface area (Å²) in [6, 6.07) is 21.2. The fraction of sp³-hybridized carbons (Fsp3) is 0.512. The molecule has 4 aliphatic heterocycles. The van der Waals surface area contributed by atoms with E-state index < -0.39 is 40.1 Å². The van der Waals surface area contributed by atoms with Crippen LogP contribution in [0.5, 0.6) is 17.2 Å². The number of benzene rings is 3. The predicted octanol–water partition coefficient (Wildman–Crippen LogP) is 5.99. The highest BCUT2D eigenvalue weighted by Crippen LogP contribution is 2.40. The van der Waals surface area contributed by atoms with Gasteiger partial charge in [0, 0.05) is 19.2 Å². The lowest BCUT2D eigenvalue weighted by molar-refractivity contribution is -0.0911. The van der Waals surface area contributed by atoms with Gasteiger partial charge in [0.25, 0.3) is 0 Å². The minimum atomic E-state index is -4.02. The molecule has 1 amide bonds. The molecule has 5 aliphatic rings. The van der Waals surface area contributed by atoms with E-state index in [1.54, 1.807) is 29.2 Å². The number of rotatable bonds is 12. The average Bonchev–Trinajstić information content (AvgIpc) is 4.02. The lowest BCUT2D eigenvalue weighted by Crippen LogP contribution is -2.51. The molecule has 3 aromatic rings. The number of sulfonamides is 1. The zero-order valence-electron chi connectivity index (χ0n) is 31.1. The van der Waals surface area contributed by atoms with Gasteiger partial charge < -0.3 is 33.2 Å². The second-order valence-electron chi connectivity index (χ2n) is 15.4. The molecule has 5 atom stereocenters. The van der Waals surface area contributed by atoms with Crippen LogP contribution in [0.3, 0.4) is 0 Å². The largest absolute Gasteiger partial charge is 0.489 e. The maximum absolute atomic E-state index is 14.5. The van der Waals surface area contributed by atoms with E-state index in [0.717, 1.165) is 43.2 Å². The Balaban J connectivity index is 1.07. The lowest BCUT2D eigenvalue weighted by Gasteiger charge is -2.34. The molecule has 4 heterocycles. The fourth-order valence-electron chi connectivity index (χ4n) is 8.54. The maximum atomic E-state index is 14.5. The van der Waals surface area contributed by atoms with Gasteiger partial charge in [-0.05, 0) is 93.0 Å². The van der Waals surface area contributed by atoms with Gasteiger partial charge in [0.2, 0.25) is 16.8 Å². The smallest absolute Gasteiger partial charge is 0.412 e. The quantitative estimate of drug-likeness (QED) is 0.214. The SMILES string of the molecule is CC1(C)O[C@H](CN(CC2CCCC2)S(=O)(=O)c2ccc3c(c2)OCO3)[C@H](Cc2ccc(OCc3cccc(C#N)c3)cc2)N1C(=O)O[C@H]1CO[C@H]2OCC[C@H]21. The molecule has 0 spiro atoms. The second kappa shape index (κ2) is 15.6. The average molecular weight is 774 g/mol. The number of hydrogen-bond acceptors (Lipinski definition) is 11. The van der Waals surface area contributed by atoms with Crippen LogP contribution < -0.4 is 14.2 Å². The first-order chi connectivity index (χ1) is 26.6. The van der Waals surface area contributed by atoms with Crippen LogP contribution >= 0.6 is 0 Å². The van der Waals surface area contributed by atoms with Gasteiger partial charge in [-0.2, -0.15) is 9.57 Å². The van der Waals surface area contributed by atoms with Gasteiger partial charge in [0.1, 0.15) is 24.2 Å². The summed E-state index contributed by atoms with van der Waals surface area (Å²) < 4.78 is 72.0. The first-order valence-electron chi connectivity index (χ1n) is 19.1. The van der Waals surface area contributed by atoms with Crippen LogP contribution in [0.2, 0.25) is 0 Å². The van der Waals surface area contributed by atoms with E-state index >= 15 is 0 Å². The summed E-state index contributed by atoms with van der Waals surface area (Å²) in [7, 11) is -4.02. The van der Waals surface area contributed by atoms with E-state index in [9.17, 15) is 18.5 Å². The van der Waals surface area contributed by atoms with Crippen molar-refractivity contribution in [1.29, 1.82) is 5.26 Å². The summed E-state index contributed by atoms with van der Waals surface area (Å²) >= 11 is 0. The van der Waals surface area contributed by atoms with Crippen molar-refractivity contribution in [1.82, 2.24) is 9.21 Å². The van der Waals surface area contributed by atoms with Gasteiger partial charge in [0.15, 0.2) is 17.8 Å². The number of nitriles is 1. The van der Waals surface area contributed by atoms with Crippen molar-refractivity contribution in [3.8, 4) is 23.3 Å². The van der Waals surface area contributed by atoms with E-state index in [2.05, 4.69) is 6.07 Å². The Hall–Kier alpha value is -4.39. The molecule has 1 saturated carbocycles. The van der Waals surface area contributed by atoms with Crippen LogP contribution in [-0.4, -0.2) is 87.1 Å². The second-order valence-corrected chi connectivity index (χ2v) is 17.4. The van der Waals surface area contributed by atoms with E-state index in [1.807, 2.05) is 50.2 Å². The number of ether oxygens (including phenoxy) is 7. The fourth-order valence-corrected chi connectivity index (χ4v) is 10.1. The molecule has 8 rings (SSSR count). The van der Waals surface area contributed by atoms with E-state index in [1.165, 1.54) is 10.4 Å². The highest BCUT2D eigenvalue weighted by molar-refractivity contribution is 7.89. The van der Waals surface area contributed by atoms with E-state index in [0.29, 0.717) is 49.0 Å². The van der Waals surface area contributed by atoms with Crippen LogP contribution in [-0.2, 0) is 42.0 Å². The van der Waals surface area contributed by atoms with Crippen LogP contribution in [0.4, 0.5) is 4.79 Å². The topological polar surface area (TPSA) is 146 Å². The highest BCUT2D eigenvalue weighted by atomic mass is 32.2. The molecule has 0 radical (unpaired) electrons. The van der Waals surface area contributed by atoms with Crippen molar-refractivity contribution in [3.63, 3.8) is 0 Å². The third kappa shape index (κ3) is 7.99. The van der Waals surface area contributed by atoms with Crippen molar-refractivity contribution in [2.75, 3.05) is 33.1 Å². The number of carbonyl (C=O) groups is 1. The zero-order chi connectivity index (χ0) is 38.2. The van der Waals surface area contributed by atoms with Crippen molar-refractivity contribution >= 4 is 16.1 Å². The molecule has 0 bridgehead atoms. The minimum absolute atomic E-state index is 0.0270. The Labute approximate surface area is 322 Å². The maximum Gasteiger partial charge on any atom is 0.412 e. The molecule has 55 heavy (non-hydrogen) atoms. The number of nitrogens with zero attached hydrogens (tertiary/aromatic N) is 3. The molecule has 0 N–H and O–H groups in total. The summed E-state index contributed by atoms with van der Waals surface area (Å²) in [5.74, 6) is 1.70. The normalized spacial score (nSPS) is 25.6. The van der Waals surface area contributed by atoms with Crippen molar-refractivity contribution < 1.29 is 46.4 Å². The van der Waals surface area contributed by atoms with Gasteiger partial charge in [-0.1, -0.05) is 37.1 Å². The Bertz CT molecular complexity index is 2010. The van der Waals surface area contributed by atoms with Gasteiger partial charge in [-0.3, -0.25) is 4.90 Å². The summed E-state index contributed by atoms with van der Waals surface area (Å²) in [4.78, 5) is 16.0. The first kappa shape index (κ1) is 37.5. The molecule has 13 nitrogen and oxygen atoms in total. The molecular formula is C41H47N3O10S. The number of amides is 1. The van der Waals surface area contributed by atoms with Crippen LogP contribution in [0, 0.1) is 23.2 Å². The molecule has 3 saturated heterocycles. The first-order valence-corrected chi connectivity index (χ1v) is 20.5. The Morgan fingerprint density at radius 2 is 1.76 bits per heavy atom. The Morgan fingerprint density at radius 3 is 2.56 bits per heavy atom. The van der Waals surface area contributed by atoms with Crippen molar-refractivity contribution in [3.05, 3.63) is 83.4 Å². The third-order valence-corrected chi connectivity index (χ3v) is 13.2.